The summed E-state index contributed by atoms with van der Waals surface area (Å²) in [4.78, 5) is 34.3. The van der Waals surface area contributed by atoms with Crippen molar-refractivity contribution in [2.75, 3.05) is 26.2 Å². The summed E-state index contributed by atoms with van der Waals surface area (Å²) in [5.74, 6) is -0.834. The molecule has 4 rings (SSSR count). The number of aliphatic hydroxyl groups is 2. The number of rotatable bonds is 6. The van der Waals surface area contributed by atoms with Gasteiger partial charge in [-0.2, -0.15) is 27.0 Å². The summed E-state index contributed by atoms with van der Waals surface area (Å²) in [5.41, 5.74) is 12.5. The van der Waals surface area contributed by atoms with Gasteiger partial charge in [0.25, 0.3) is 0 Å². The molecule has 2 aliphatic rings. The van der Waals surface area contributed by atoms with Crippen molar-refractivity contribution in [1.82, 2.24) is 19.8 Å². The Morgan fingerprint density at radius 3 is 1.15 bits per heavy atom. The van der Waals surface area contributed by atoms with Crippen LogP contribution in [0.25, 0.3) is 0 Å². The minimum Gasteiger partial charge on any atom is -0.386 e. The van der Waals surface area contributed by atoms with E-state index in [0.717, 1.165) is 0 Å². The van der Waals surface area contributed by atoms with Crippen molar-refractivity contribution in [1.29, 1.82) is 0 Å². The van der Waals surface area contributed by atoms with Crippen LogP contribution in [-0.2, 0) is 9.59 Å². The smallest absolute Gasteiger partial charge is 0.242 e. The van der Waals surface area contributed by atoms with E-state index in [4.69, 9.17) is 11.5 Å². The van der Waals surface area contributed by atoms with Gasteiger partial charge >= 0.3 is 0 Å². The number of hydrogen-bond acceptors (Lipinski definition) is 8. The molecule has 276 valence electrons. The third-order valence-corrected chi connectivity index (χ3v) is 6.23. The monoisotopic (exact) mass is 782 g/mol. The Labute approximate surface area is 312 Å². The Kier molecular flexibility index (Phi) is 42.9. The summed E-state index contributed by atoms with van der Waals surface area (Å²) in [6.45, 7) is 0.846. The Balaban J connectivity index is -0.0000000860. The van der Waals surface area contributed by atoms with Gasteiger partial charge in [0.15, 0.2) is 0 Å². The van der Waals surface area contributed by atoms with E-state index in [2.05, 4.69) is 9.97 Å². The number of nitrogens with two attached hydrogens (primary N) is 2. The molecule has 0 spiro atoms. The average molecular weight is 785 g/mol. The molecule has 2 aromatic heterocycles. The third-order valence-electron chi connectivity index (χ3n) is 6.23. The van der Waals surface area contributed by atoms with Gasteiger partial charge in [0.05, 0.1) is 13.1 Å². The van der Waals surface area contributed by atoms with Gasteiger partial charge in [0, 0.05) is 37.9 Å². The van der Waals surface area contributed by atoms with Crippen LogP contribution in [0.3, 0.4) is 0 Å². The summed E-state index contributed by atoms with van der Waals surface area (Å²) in [7, 11) is 0. The molecule has 18 heteroatoms. The first-order chi connectivity index (χ1) is 17.2. The van der Waals surface area contributed by atoms with Gasteiger partial charge in [0.1, 0.15) is 36.6 Å². The normalized spacial score (nSPS) is 17.9. The Morgan fingerprint density at radius 1 is 0.674 bits per heavy atom. The maximum Gasteiger partial charge on any atom is 0.242 e. The van der Waals surface area contributed by atoms with E-state index < -0.39 is 48.4 Å². The molecule has 2 saturated heterocycles. The van der Waals surface area contributed by atoms with E-state index in [1.807, 2.05) is 0 Å². The van der Waals surface area contributed by atoms with Gasteiger partial charge in [-0.15, -0.1) is 49.6 Å². The van der Waals surface area contributed by atoms with Crippen molar-refractivity contribution >= 4 is 88.4 Å². The molecule has 2 aromatic rings. The molecule has 0 bridgehead atoms. The molecule has 0 aliphatic carbocycles. The van der Waals surface area contributed by atoms with Crippen LogP contribution in [0.1, 0.15) is 65.9 Å². The number of carbonyl (C=O) groups excluding carboxylic acids is 2. The lowest BCUT2D eigenvalue weighted by Gasteiger charge is -2.23. The van der Waals surface area contributed by atoms with Gasteiger partial charge in [-0.25, -0.2) is 8.78 Å². The number of nitrogens with zero attached hydrogens (tertiary/aromatic N) is 4. The lowest BCUT2D eigenvalue weighted by molar-refractivity contribution is -0.135. The molecule has 6 atom stereocenters. The summed E-state index contributed by atoms with van der Waals surface area (Å²) in [5, 5.41) is 20.0. The maximum atomic E-state index is 13.0. The van der Waals surface area contributed by atoms with E-state index >= 15 is 0 Å². The van der Waals surface area contributed by atoms with E-state index in [9.17, 15) is 28.6 Å². The average Bonchev–Trinajstić information content (AvgIpc) is 3.55. The standard InChI is InChI=1S/2C12H16FN3O2.4CH4.4ClH.2H2S/c2*13-9-3-6-16(7-9)12(18)10(14)11(17)8-1-4-15-5-2-8;;;;;;;;;;/h2*1-2,4-5,9-11,17H,3,6-7,14H2;4*1H4;4*1H;2*1H2/t9-,10+,11-;9-,10-,11+;;;;;;;;;;/m11........../s1. The molecule has 4 heterocycles. The van der Waals surface area contributed by atoms with Gasteiger partial charge in [-0.1, -0.05) is 29.7 Å². The predicted octanol–water partition coefficient (Wildman–Crippen LogP) is 4.48. The summed E-state index contributed by atoms with van der Waals surface area (Å²) in [6, 6.07) is 4.24. The van der Waals surface area contributed by atoms with Crippen molar-refractivity contribution in [3.8, 4) is 0 Å². The number of alkyl halides is 2. The van der Waals surface area contributed by atoms with Crippen LogP contribution in [0.15, 0.2) is 49.1 Å². The second kappa shape index (κ2) is 31.1. The maximum absolute atomic E-state index is 13.0. The first-order valence-corrected chi connectivity index (χ1v) is 11.7. The molecule has 0 unspecified atom stereocenters. The lowest BCUT2D eigenvalue weighted by Crippen LogP contribution is -2.46. The summed E-state index contributed by atoms with van der Waals surface area (Å²) in [6.07, 6.45) is 2.57. The molecule has 2 amide bonds. The number of aromatic nitrogens is 2. The largest absolute Gasteiger partial charge is 0.386 e. The molecule has 2 fully saturated rings. The number of likely N-dealkylation sites (tertiary alicyclic amines) is 2. The number of hydrogen-bond donors (Lipinski definition) is 4. The molecule has 10 nitrogen and oxygen atoms in total. The van der Waals surface area contributed by atoms with Crippen LogP contribution in [0, 0.1) is 0 Å². The molecular weight excluding hydrogens is 728 g/mol. The Hall–Kier alpha value is -1.20. The van der Waals surface area contributed by atoms with E-state index in [-0.39, 0.29) is 119 Å². The van der Waals surface area contributed by atoms with Crippen molar-refractivity contribution in [2.24, 2.45) is 11.5 Å². The summed E-state index contributed by atoms with van der Waals surface area (Å²) < 4.78 is 26.0. The lowest BCUT2D eigenvalue weighted by atomic mass is 10.0. The summed E-state index contributed by atoms with van der Waals surface area (Å²) >= 11 is 0. The van der Waals surface area contributed by atoms with E-state index in [1.165, 1.54) is 34.6 Å². The molecule has 0 aromatic carbocycles. The topological polar surface area (TPSA) is 159 Å². The second-order valence-corrected chi connectivity index (χ2v) is 8.84. The number of halogens is 6. The molecule has 6 N–H and O–H groups in total. The van der Waals surface area contributed by atoms with Crippen LogP contribution in [0.4, 0.5) is 8.78 Å². The van der Waals surface area contributed by atoms with Crippen LogP contribution in [0.5, 0.6) is 0 Å². The first-order valence-electron chi connectivity index (χ1n) is 11.7. The zero-order valence-corrected chi connectivity index (χ0v) is 27.6. The van der Waals surface area contributed by atoms with Gasteiger partial charge in [0.2, 0.25) is 11.8 Å². The van der Waals surface area contributed by atoms with Gasteiger partial charge in [-0.05, 0) is 48.2 Å². The van der Waals surface area contributed by atoms with Crippen LogP contribution >= 0.6 is 76.6 Å². The minimum absolute atomic E-state index is 0. The zero-order chi connectivity index (χ0) is 26.2. The fourth-order valence-corrected chi connectivity index (χ4v) is 4.06. The zero-order valence-electron chi connectivity index (χ0n) is 22.4. The number of amides is 2. The highest BCUT2D eigenvalue weighted by Gasteiger charge is 2.34. The first kappa shape index (κ1) is 63.5. The second-order valence-electron chi connectivity index (χ2n) is 8.84. The number of carbonyl (C=O) groups is 2. The molecule has 0 saturated carbocycles. The van der Waals surface area contributed by atoms with E-state index in [1.54, 1.807) is 24.3 Å². The number of pyridine rings is 2. The van der Waals surface area contributed by atoms with Crippen LogP contribution in [-0.4, -0.2) is 92.4 Å². The Bertz CT molecular complexity index is 943. The van der Waals surface area contributed by atoms with Crippen molar-refractivity contribution < 1.29 is 28.6 Å². The third kappa shape index (κ3) is 17.8. The molecule has 2 aliphatic heterocycles. The molecule has 46 heavy (non-hydrogen) atoms. The Morgan fingerprint density at radius 2 is 0.935 bits per heavy atom. The van der Waals surface area contributed by atoms with E-state index in [0.29, 0.717) is 37.1 Å². The quantitative estimate of drug-likeness (QED) is 0.334. The highest BCUT2D eigenvalue weighted by atomic mass is 35.5. The van der Waals surface area contributed by atoms with Gasteiger partial charge in [-0.3, -0.25) is 19.6 Å². The number of aliphatic hydroxyl groups excluding tert-OH is 2. The predicted molar refractivity (Wildman–Crippen MR) is 203 cm³/mol. The van der Waals surface area contributed by atoms with Crippen LogP contribution < -0.4 is 11.5 Å². The van der Waals surface area contributed by atoms with Crippen molar-refractivity contribution in [3.63, 3.8) is 0 Å². The van der Waals surface area contributed by atoms with Crippen LogP contribution in [0.2, 0.25) is 0 Å². The minimum atomic E-state index is -1.10. The molecular formula is C28H56Cl4F2N6O4S2. The fourth-order valence-electron chi connectivity index (χ4n) is 4.06. The van der Waals surface area contributed by atoms with Crippen molar-refractivity contribution in [3.05, 3.63) is 60.2 Å². The SMILES string of the molecule is C.C.C.C.Cl.Cl.Cl.Cl.N[C@@H](C(=O)N1CC[C@@H](F)C1)[C@@H](O)c1ccncc1.N[C@H](C(=O)N1CC[C@@H](F)C1)[C@H](O)c1ccncc1.S.S. The molecule has 0 radical (unpaired) electrons. The highest BCUT2D eigenvalue weighted by molar-refractivity contribution is 7.59. The highest BCUT2D eigenvalue weighted by Crippen LogP contribution is 2.20. The fraction of sp³-hybridized carbons (Fsp3) is 0.571. The van der Waals surface area contributed by atoms with Crippen molar-refractivity contribution in [2.45, 2.75) is 79.2 Å². The van der Waals surface area contributed by atoms with Gasteiger partial charge < -0.3 is 31.5 Å².